The number of amides is 5. The van der Waals surface area contributed by atoms with E-state index in [0.717, 1.165) is 25.7 Å². The van der Waals surface area contributed by atoms with E-state index in [2.05, 4.69) is 33.5 Å². The highest BCUT2D eigenvalue weighted by Gasteiger charge is 2.38. The van der Waals surface area contributed by atoms with Gasteiger partial charge in [-0.1, -0.05) is 86.0 Å². The number of hydrogen-bond donors (Lipinski definition) is 7. The maximum absolute atomic E-state index is 13.4. The van der Waals surface area contributed by atoms with Crippen molar-refractivity contribution < 1.29 is 43.7 Å². The summed E-state index contributed by atoms with van der Waals surface area (Å²) in [5.74, 6) is -5.73. The lowest BCUT2D eigenvalue weighted by atomic mass is 9.99. The molecule has 0 aromatic rings. The molecular formula is C32H57N5O9. The summed E-state index contributed by atoms with van der Waals surface area (Å²) >= 11 is 0. The quantitative estimate of drug-likeness (QED) is 0.0969. The van der Waals surface area contributed by atoms with E-state index in [1.165, 1.54) is 32.6 Å². The molecule has 0 aromatic carbocycles. The highest BCUT2D eigenvalue weighted by molar-refractivity contribution is 5.96. The minimum Gasteiger partial charge on any atom is -0.458 e. The summed E-state index contributed by atoms with van der Waals surface area (Å²) in [5.41, 5.74) is 0. The average Bonchev–Trinajstić information content (AvgIpc) is 3.00. The summed E-state index contributed by atoms with van der Waals surface area (Å²) < 4.78 is 5.59. The van der Waals surface area contributed by atoms with Crippen LogP contribution in [0.3, 0.4) is 0 Å². The largest absolute Gasteiger partial charge is 0.458 e. The predicted octanol–water partition coefficient (Wildman–Crippen LogP) is 0.573. The van der Waals surface area contributed by atoms with Crippen LogP contribution in [-0.2, 0) is 33.5 Å². The topological polar surface area (TPSA) is 212 Å². The molecule has 1 saturated heterocycles. The summed E-state index contributed by atoms with van der Waals surface area (Å²) in [6.07, 6.45) is 8.38. The Hall–Kier alpha value is -3.26. The minimum atomic E-state index is -1.57. The van der Waals surface area contributed by atoms with Gasteiger partial charge in [0, 0.05) is 6.42 Å². The van der Waals surface area contributed by atoms with Crippen LogP contribution in [-0.4, -0.2) is 95.2 Å². The molecule has 1 fully saturated rings. The van der Waals surface area contributed by atoms with E-state index in [1.54, 1.807) is 27.7 Å². The molecule has 6 atom stereocenters. The molecule has 0 saturated carbocycles. The van der Waals surface area contributed by atoms with Gasteiger partial charge in [-0.15, -0.1) is 0 Å². The van der Waals surface area contributed by atoms with Gasteiger partial charge < -0.3 is 41.5 Å². The van der Waals surface area contributed by atoms with Crippen LogP contribution < -0.4 is 26.6 Å². The van der Waals surface area contributed by atoms with E-state index in [4.69, 9.17) is 4.74 Å². The first-order valence-corrected chi connectivity index (χ1v) is 16.7. The van der Waals surface area contributed by atoms with Gasteiger partial charge in [0.15, 0.2) is 0 Å². The van der Waals surface area contributed by atoms with Crippen molar-refractivity contribution in [1.82, 2.24) is 26.6 Å². The van der Waals surface area contributed by atoms with Crippen LogP contribution in [0.5, 0.6) is 0 Å². The molecule has 1 aliphatic rings. The Balaban J connectivity index is 3.20. The third-order valence-corrected chi connectivity index (χ3v) is 7.97. The van der Waals surface area contributed by atoms with Gasteiger partial charge in [0.25, 0.3) is 0 Å². The maximum Gasteiger partial charge on any atom is 0.329 e. The van der Waals surface area contributed by atoms with Crippen LogP contribution in [0.1, 0.15) is 106 Å². The van der Waals surface area contributed by atoms with Crippen LogP contribution in [0, 0.1) is 11.8 Å². The van der Waals surface area contributed by atoms with Crippen LogP contribution in [0.25, 0.3) is 0 Å². The summed E-state index contributed by atoms with van der Waals surface area (Å²) in [7, 11) is 0. The lowest BCUT2D eigenvalue weighted by Crippen LogP contribution is -2.63. The molecule has 1 rings (SSSR count). The van der Waals surface area contributed by atoms with Crippen molar-refractivity contribution in [3.8, 4) is 0 Å². The van der Waals surface area contributed by atoms with Crippen molar-refractivity contribution in [2.75, 3.05) is 13.2 Å². The molecule has 46 heavy (non-hydrogen) atoms. The lowest BCUT2D eigenvalue weighted by molar-refractivity contribution is -0.157. The molecule has 7 N–H and O–H groups in total. The van der Waals surface area contributed by atoms with Crippen molar-refractivity contribution in [2.24, 2.45) is 11.8 Å². The van der Waals surface area contributed by atoms with Gasteiger partial charge in [0.05, 0.1) is 13.2 Å². The molecule has 5 amide bonds. The van der Waals surface area contributed by atoms with Gasteiger partial charge in [-0.2, -0.15) is 0 Å². The SMILES string of the molecule is CCCCCCCCCCCC(=O)N[C@@H]1C(=O)N[C@H](CO)C(=O)N[C@@H](CO)C(=O)N[C@H](C(C)C)C(=O)N[C@@H](C(C)C)C(=O)O[C@@H]1C. The van der Waals surface area contributed by atoms with Gasteiger partial charge in [-0.05, 0) is 25.2 Å². The smallest absolute Gasteiger partial charge is 0.329 e. The molecule has 1 aliphatic heterocycles. The van der Waals surface area contributed by atoms with Crippen molar-refractivity contribution in [3.05, 3.63) is 0 Å². The molecular weight excluding hydrogens is 598 g/mol. The molecule has 14 heteroatoms. The Morgan fingerprint density at radius 3 is 1.65 bits per heavy atom. The van der Waals surface area contributed by atoms with E-state index in [1.807, 2.05) is 0 Å². The Bertz CT molecular complexity index is 1010. The second-order valence-electron chi connectivity index (χ2n) is 12.7. The molecule has 264 valence electrons. The molecule has 0 spiro atoms. The lowest BCUT2D eigenvalue weighted by Gasteiger charge is -2.31. The number of carbonyl (C=O) groups excluding carboxylic acids is 6. The third kappa shape index (κ3) is 14.0. The first kappa shape index (κ1) is 40.8. The number of unbranched alkanes of at least 4 members (excludes halogenated alkanes) is 8. The maximum atomic E-state index is 13.4. The number of esters is 1. The zero-order valence-corrected chi connectivity index (χ0v) is 28.4. The van der Waals surface area contributed by atoms with E-state index >= 15 is 0 Å². The van der Waals surface area contributed by atoms with Crippen LogP contribution in [0.15, 0.2) is 0 Å². The van der Waals surface area contributed by atoms with Gasteiger partial charge >= 0.3 is 5.97 Å². The van der Waals surface area contributed by atoms with Crippen molar-refractivity contribution in [3.63, 3.8) is 0 Å². The van der Waals surface area contributed by atoms with E-state index in [9.17, 15) is 39.0 Å². The van der Waals surface area contributed by atoms with Crippen LogP contribution in [0.2, 0.25) is 0 Å². The van der Waals surface area contributed by atoms with Crippen LogP contribution >= 0.6 is 0 Å². The Kier molecular flexibility index (Phi) is 19.1. The summed E-state index contributed by atoms with van der Waals surface area (Å²) in [6, 6.07) is -6.85. The fraction of sp³-hybridized carbons (Fsp3) is 0.812. The Labute approximate surface area is 272 Å². The molecule has 0 unspecified atom stereocenters. The van der Waals surface area contributed by atoms with Gasteiger partial charge in [0.1, 0.15) is 36.3 Å². The molecule has 0 bridgehead atoms. The van der Waals surface area contributed by atoms with Crippen molar-refractivity contribution >= 4 is 35.5 Å². The molecule has 0 aromatic heterocycles. The zero-order valence-electron chi connectivity index (χ0n) is 28.4. The standard InChI is InChI=1S/C32H57N5O9/c1-7-8-9-10-11-12-13-14-15-16-24(40)35-27-21(6)46-32(45)26(20(4)5)37-30(43)25(19(2)3)36-29(42)23(18-39)33-28(41)22(17-38)34-31(27)44/h19-23,25-27,38-39H,7-18H2,1-6H3,(H,33,41)(H,34,44)(H,35,40)(H,36,42)(H,37,43)/t21-,22-,23+,25-,26+,27+/m1/s1. The van der Waals surface area contributed by atoms with Crippen LogP contribution in [0.4, 0.5) is 0 Å². The minimum absolute atomic E-state index is 0.124. The summed E-state index contributed by atoms with van der Waals surface area (Å²) in [4.78, 5) is 78.7. The molecule has 14 nitrogen and oxygen atoms in total. The molecule has 1 heterocycles. The number of carbonyl (C=O) groups is 6. The Morgan fingerprint density at radius 1 is 0.696 bits per heavy atom. The number of rotatable bonds is 15. The monoisotopic (exact) mass is 655 g/mol. The normalized spacial score (nSPS) is 25.4. The second-order valence-corrected chi connectivity index (χ2v) is 12.7. The predicted molar refractivity (Wildman–Crippen MR) is 171 cm³/mol. The van der Waals surface area contributed by atoms with E-state index in [0.29, 0.717) is 6.42 Å². The summed E-state index contributed by atoms with van der Waals surface area (Å²) in [6.45, 7) is 8.54. The number of nitrogens with one attached hydrogen (secondary N) is 5. The highest BCUT2D eigenvalue weighted by Crippen LogP contribution is 2.13. The molecule has 0 radical (unpaired) electrons. The number of hydrogen-bond acceptors (Lipinski definition) is 9. The first-order chi connectivity index (χ1) is 21.8. The number of aliphatic hydroxyl groups is 2. The zero-order chi connectivity index (χ0) is 34.8. The van der Waals surface area contributed by atoms with Gasteiger partial charge in [-0.3, -0.25) is 24.0 Å². The van der Waals surface area contributed by atoms with E-state index in [-0.39, 0.29) is 6.42 Å². The van der Waals surface area contributed by atoms with Gasteiger partial charge in [-0.25, -0.2) is 4.79 Å². The fourth-order valence-electron chi connectivity index (χ4n) is 5.01. The summed E-state index contributed by atoms with van der Waals surface area (Å²) in [5, 5.41) is 32.0. The Morgan fingerprint density at radius 2 is 1.15 bits per heavy atom. The second kappa shape index (κ2) is 21.5. The van der Waals surface area contributed by atoms with Crippen molar-refractivity contribution in [2.45, 2.75) is 142 Å². The van der Waals surface area contributed by atoms with Crippen molar-refractivity contribution in [1.29, 1.82) is 0 Å². The third-order valence-electron chi connectivity index (χ3n) is 7.97. The average molecular weight is 656 g/mol. The molecule has 0 aliphatic carbocycles. The van der Waals surface area contributed by atoms with Gasteiger partial charge in [0.2, 0.25) is 29.5 Å². The van der Waals surface area contributed by atoms with E-state index < -0.39 is 96.9 Å². The fourth-order valence-corrected chi connectivity index (χ4v) is 5.01. The first-order valence-electron chi connectivity index (χ1n) is 16.7. The number of aliphatic hydroxyl groups excluding tert-OH is 2. The number of cyclic esters (lactones) is 1. The highest BCUT2D eigenvalue weighted by atomic mass is 16.5. The number of ether oxygens (including phenoxy) is 1.